The van der Waals surface area contributed by atoms with Gasteiger partial charge in [-0.2, -0.15) is 13.2 Å². The standard InChI is InChI=1S/C11H11ClF3N3O3/c1-6-2-9(18(20)21)7(12)3-8(6)17-10(19)4-16-5-11(13,14)15/h2-3,16H,4-5H2,1H3,(H,17,19). The Morgan fingerprint density at radius 3 is 2.57 bits per heavy atom. The molecule has 116 valence electrons. The van der Waals surface area contributed by atoms with Crippen LogP contribution in [-0.2, 0) is 4.79 Å². The molecule has 0 aromatic heterocycles. The van der Waals surface area contributed by atoms with Gasteiger partial charge >= 0.3 is 6.18 Å². The third-order valence-electron chi connectivity index (χ3n) is 2.38. The minimum Gasteiger partial charge on any atom is -0.325 e. The average molecular weight is 326 g/mol. The largest absolute Gasteiger partial charge is 0.401 e. The molecule has 0 bridgehead atoms. The van der Waals surface area contributed by atoms with E-state index >= 15 is 0 Å². The van der Waals surface area contributed by atoms with Crippen LogP contribution in [0.3, 0.4) is 0 Å². The number of rotatable bonds is 5. The number of carbonyl (C=O) groups excluding carboxylic acids is 1. The fourth-order valence-corrected chi connectivity index (χ4v) is 1.69. The molecule has 10 heteroatoms. The number of halogens is 4. The third kappa shape index (κ3) is 5.56. The van der Waals surface area contributed by atoms with Crippen LogP contribution < -0.4 is 10.6 Å². The maximum absolute atomic E-state index is 11.9. The summed E-state index contributed by atoms with van der Waals surface area (Å²) in [5.41, 5.74) is 0.252. The number of anilines is 1. The van der Waals surface area contributed by atoms with E-state index in [0.717, 1.165) is 0 Å². The highest BCUT2D eigenvalue weighted by Crippen LogP contribution is 2.30. The summed E-state index contributed by atoms with van der Waals surface area (Å²) in [5.74, 6) is -0.715. The summed E-state index contributed by atoms with van der Waals surface area (Å²) in [5, 5.41) is 14.7. The highest BCUT2D eigenvalue weighted by Gasteiger charge is 2.26. The summed E-state index contributed by atoms with van der Waals surface area (Å²) in [6, 6.07) is 2.35. The predicted molar refractivity (Wildman–Crippen MR) is 70.4 cm³/mol. The topological polar surface area (TPSA) is 84.3 Å². The Balaban J connectivity index is 2.69. The number of nitro benzene ring substituents is 1. The first kappa shape index (κ1) is 17.2. The molecule has 2 N–H and O–H groups in total. The van der Waals surface area contributed by atoms with Crippen molar-refractivity contribution in [1.82, 2.24) is 5.32 Å². The maximum Gasteiger partial charge on any atom is 0.401 e. The van der Waals surface area contributed by atoms with Crippen molar-refractivity contribution < 1.29 is 22.9 Å². The van der Waals surface area contributed by atoms with Gasteiger partial charge in [0.2, 0.25) is 5.91 Å². The second-order valence-corrected chi connectivity index (χ2v) is 4.55. The molecule has 1 amide bonds. The van der Waals surface area contributed by atoms with Crippen LogP contribution in [0.2, 0.25) is 5.02 Å². The van der Waals surface area contributed by atoms with Gasteiger partial charge in [0.1, 0.15) is 5.02 Å². The molecule has 1 aromatic rings. The highest BCUT2D eigenvalue weighted by atomic mass is 35.5. The SMILES string of the molecule is Cc1cc([N+](=O)[O-])c(Cl)cc1NC(=O)CNCC(F)(F)F. The predicted octanol–water partition coefficient (Wildman–Crippen LogP) is 2.65. The molecule has 0 fully saturated rings. The maximum atomic E-state index is 11.9. The number of hydrogen-bond donors (Lipinski definition) is 2. The molecule has 0 atom stereocenters. The second-order valence-electron chi connectivity index (χ2n) is 4.14. The van der Waals surface area contributed by atoms with Gasteiger partial charge in [-0.15, -0.1) is 0 Å². The van der Waals surface area contributed by atoms with Gasteiger partial charge in [0.05, 0.1) is 18.0 Å². The first-order valence-corrected chi connectivity index (χ1v) is 6.00. The molecular weight excluding hydrogens is 315 g/mol. The monoisotopic (exact) mass is 325 g/mol. The van der Waals surface area contributed by atoms with Crippen LogP contribution in [0.4, 0.5) is 24.5 Å². The quantitative estimate of drug-likeness (QED) is 0.644. The lowest BCUT2D eigenvalue weighted by molar-refractivity contribution is -0.384. The van der Waals surface area contributed by atoms with E-state index in [0.29, 0.717) is 5.56 Å². The van der Waals surface area contributed by atoms with Crippen molar-refractivity contribution >= 4 is 28.9 Å². The Bertz CT molecular complexity index is 564. The fourth-order valence-electron chi connectivity index (χ4n) is 1.45. The second kappa shape index (κ2) is 6.72. The van der Waals surface area contributed by atoms with Crippen LogP contribution in [0.15, 0.2) is 12.1 Å². The van der Waals surface area contributed by atoms with Crippen molar-refractivity contribution in [1.29, 1.82) is 0 Å². The molecule has 6 nitrogen and oxygen atoms in total. The van der Waals surface area contributed by atoms with Crippen LogP contribution >= 0.6 is 11.6 Å². The Kier molecular flexibility index (Phi) is 5.50. The van der Waals surface area contributed by atoms with E-state index in [-0.39, 0.29) is 16.4 Å². The molecule has 0 radical (unpaired) electrons. The number of amides is 1. The summed E-state index contributed by atoms with van der Waals surface area (Å²) >= 11 is 5.69. The van der Waals surface area contributed by atoms with Gasteiger partial charge in [-0.1, -0.05) is 11.6 Å². The van der Waals surface area contributed by atoms with E-state index in [1.807, 2.05) is 5.32 Å². The van der Waals surface area contributed by atoms with Crippen LogP contribution in [0, 0.1) is 17.0 Å². The zero-order valence-electron chi connectivity index (χ0n) is 10.8. The van der Waals surface area contributed by atoms with E-state index in [4.69, 9.17) is 11.6 Å². The number of alkyl halides is 3. The lowest BCUT2D eigenvalue weighted by Gasteiger charge is -2.11. The Morgan fingerprint density at radius 2 is 2.05 bits per heavy atom. The summed E-state index contributed by atoms with van der Waals surface area (Å²) in [6.07, 6.45) is -4.41. The van der Waals surface area contributed by atoms with Gasteiger partial charge in [-0.3, -0.25) is 14.9 Å². The summed E-state index contributed by atoms with van der Waals surface area (Å²) in [6.45, 7) is -0.337. The lowest BCUT2D eigenvalue weighted by Crippen LogP contribution is -2.35. The van der Waals surface area contributed by atoms with E-state index in [2.05, 4.69) is 5.32 Å². The van der Waals surface area contributed by atoms with Gasteiger partial charge in [0.15, 0.2) is 0 Å². The number of benzene rings is 1. The molecule has 0 saturated heterocycles. The molecule has 0 aliphatic heterocycles. The Labute approximate surface area is 122 Å². The van der Waals surface area contributed by atoms with Gasteiger partial charge < -0.3 is 10.6 Å². The van der Waals surface area contributed by atoms with Gasteiger partial charge in [-0.25, -0.2) is 0 Å². The van der Waals surface area contributed by atoms with E-state index < -0.39 is 30.1 Å². The fraction of sp³-hybridized carbons (Fsp3) is 0.364. The van der Waals surface area contributed by atoms with E-state index in [9.17, 15) is 28.1 Å². The molecule has 0 spiro atoms. The highest BCUT2D eigenvalue weighted by molar-refractivity contribution is 6.33. The Morgan fingerprint density at radius 1 is 1.43 bits per heavy atom. The lowest BCUT2D eigenvalue weighted by atomic mass is 10.1. The molecule has 0 saturated carbocycles. The van der Waals surface area contributed by atoms with Crippen molar-refractivity contribution in [2.24, 2.45) is 0 Å². The molecule has 1 aromatic carbocycles. The molecule has 1 rings (SSSR count). The van der Waals surface area contributed by atoms with Gasteiger partial charge in [0.25, 0.3) is 5.69 Å². The number of nitrogens with zero attached hydrogens (tertiary/aromatic N) is 1. The zero-order valence-corrected chi connectivity index (χ0v) is 11.5. The van der Waals surface area contributed by atoms with Crippen molar-refractivity contribution in [2.45, 2.75) is 13.1 Å². The number of nitro groups is 1. The van der Waals surface area contributed by atoms with Crippen LogP contribution in [0.5, 0.6) is 0 Å². The van der Waals surface area contributed by atoms with Crippen molar-refractivity contribution in [3.63, 3.8) is 0 Å². The van der Waals surface area contributed by atoms with Crippen molar-refractivity contribution in [3.05, 3.63) is 32.8 Å². The van der Waals surface area contributed by atoms with Crippen LogP contribution in [0.25, 0.3) is 0 Å². The van der Waals surface area contributed by atoms with E-state index in [1.165, 1.54) is 19.1 Å². The number of nitrogens with one attached hydrogen (secondary N) is 2. The molecular formula is C11H11ClF3N3O3. The minimum absolute atomic E-state index is 0.177. The number of carbonyl (C=O) groups is 1. The third-order valence-corrected chi connectivity index (χ3v) is 2.68. The summed E-state index contributed by atoms with van der Waals surface area (Å²) in [4.78, 5) is 21.4. The number of hydrogen-bond acceptors (Lipinski definition) is 4. The van der Waals surface area contributed by atoms with Gasteiger partial charge in [0, 0.05) is 11.8 Å². The molecule has 0 aliphatic carbocycles. The number of aryl methyl sites for hydroxylation is 1. The first-order valence-electron chi connectivity index (χ1n) is 5.62. The summed E-state index contributed by atoms with van der Waals surface area (Å²) < 4.78 is 35.7. The van der Waals surface area contributed by atoms with E-state index in [1.54, 1.807) is 0 Å². The average Bonchev–Trinajstić information content (AvgIpc) is 2.31. The summed E-state index contributed by atoms with van der Waals surface area (Å²) in [7, 11) is 0. The smallest absolute Gasteiger partial charge is 0.325 e. The minimum atomic E-state index is -4.41. The normalized spacial score (nSPS) is 11.3. The van der Waals surface area contributed by atoms with Crippen LogP contribution in [-0.4, -0.2) is 30.1 Å². The van der Waals surface area contributed by atoms with Crippen molar-refractivity contribution in [3.8, 4) is 0 Å². The van der Waals surface area contributed by atoms with Gasteiger partial charge in [-0.05, 0) is 18.6 Å². The van der Waals surface area contributed by atoms with Crippen molar-refractivity contribution in [2.75, 3.05) is 18.4 Å². The molecule has 0 unspecified atom stereocenters. The molecule has 21 heavy (non-hydrogen) atoms. The molecule has 0 aliphatic rings. The molecule has 0 heterocycles. The zero-order chi connectivity index (χ0) is 16.2. The first-order chi connectivity index (χ1) is 9.60. The van der Waals surface area contributed by atoms with Crippen LogP contribution in [0.1, 0.15) is 5.56 Å². The Hall–Kier alpha value is -1.87.